The molecule has 0 bridgehead atoms. The van der Waals surface area contributed by atoms with Crippen LogP contribution in [0.25, 0.3) is 0 Å². The van der Waals surface area contributed by atoms with E-state index in [9.17, 15) is 9.59 Å². The first-order valence-electron chi connectivity index (χ1n) is 7.65. The van der Waals surface area contributed by atoms with Crippen molar-refractivity contribution in [2.24, 2.45) is 0 Å². The van der Waals surface area contributed by atoms with Gasteiger partial charge in [0.15, 0.2) is 0 Å². The summed E-state index contributed by atoms with van der Waals surface area (Å²) in [6.45, 7) is 4.85. The average Bonchev–Trinajstić information content (AvgIpc) is 2.53. The molecule has 0 aliphatic heterocycles. The molecule has 1 aromatic carbocycles. The van der Waals surface area contributed by atoms with Crippen molar-refractivity contribution in [3.63, 3.8) is 0 Å². The summed E-state index contributed by atoms with van der Waals surface area (Å²) in [5.41, 5.74) is 0.182. The van der Waals surface area contributed by atoms with E-state index in [4.69, 9.17) is 9.84 Å². The van der Waals surface area contributed by atoms with Gasteiger partial charge in [0, 0.05) is 12.2 Å². The third-order valence-corrected chi connectivity index (χ3v) is 3.57. The van der Waals surface area contributed by atoms with Crippen molar-refractivity contribution in [2.75, 3.05) is 6.61 Å². The quantitative estimate of drug-likeness (QED) is 0.797. The number of nitrogens with zero attached hydrogens (tertiary/aromatic N) is 1. The highest BCUT2D eigenvalue weighted by Crippen LogP contribution is 2.14. The number of carboxylic acids is 1. The molecule has 2 rings (SSSR count). The van der Waals surface area contributed by atoms with E-state index in [1.54, 1.807) is 10.6 Å². The number of ether oxygens (including phenoxy) is 1. The van der Waals surface area contributed by atoms with Crippen LogP contribution in [0.3, 0.4) is 0 Å². The fourth-order valence-electron chi connectivity index (χ4n) is 2.42. The summed E-state index contributed by atoms with van der Waals surface area (Å²) < 4.78 is 7.16. The van der Waals surface area contributed by atoms with E-state index in [1.807, 2.05) is 44.2 Å². The van der Waals surface area contributed by atoms with Crippen LogP contribution in [0.15, 0.2) is 47.3 Å². The Labute approximate surface area is 135 Å². The molecule has 0 aliphatic rings. The lowest BCUT2D eigenvalue weighted by molar-refractivity contribution is 0.0694. The Bertz CT molecular complexity index is 720. The van der Waals surface area contributed by atoms with E-state index >= 15 is 0 Å². The summed E-state index contributed by atoms with van der Waals surface area (Å²) in [5.74, 6) is -0.275. The topological polar surface area (TPSA) is 68.5 Å². The number of benzene rings is 1. The van der Waals surface area contributed by atoms with Crippen LogP contribution in [0.4, 0.5) is 0 Å². The fourth-order valence-corrected chi connectivity index (χ4v) is 2.42. The monoisotopic (exact) mass is 315 g/mol. The minimum Gasteiger partial charge on any atom is -0.494 e. The minimum absolute atomic E-state index is 0.139. The van der Waals surface area contributed by atoms with Crippen molar-refractivity contribution < 1.29 is 14.6 Å². The second kappa shape index (κ2) is 7.63. The van der Waals surface area contributed by atoms with Crippen LogP contribution in [0, 0.1) is 0 Å². The molecule has 1 aromatic heterocycles. The molecule has 0 saturated carbocycles. The van der Waals surface area contributed by atoms with E-state index < -0.39 is 11.5 Å². The summed E-state index contributed by atoms with van der Waals surface area (Å²) >= 11 is 0. The predicted molar refractivity (Wildman–Crippen MR) is 88.3 cm³/mol. The van der Waals surface area contributed by atoms with Gasteiger partial charge < -0.3 is 14.4 Å². The number of carboxylic acid groups (broad SMARTS) is 1. The molecule has 0 saturated heterocycles. The van der Waals surface area contributed by atoms with Crippen LogP contribution in [-0.2, 0) is 6.54 Å². The van der Waals surface area contributed by atoms with E-state index in [0.717, 1.165) is 11.4 Å². The van der Waals surface area contributed by atoms with Crippen molar-refractivity contribution in [1.82, 2.24) is 4.57 Å². The SMILES string of the molecule is CC(C)c1ccc(C(=O)O)c(=O)n1CCCOc1ccccc1. The van der Waals surface area contributed by atoms with E-state index in [0.29, 0.717) is 19.6 Å². The van der Waals surface area contributed by atoms with Gasteiger partial charge in [-0.15, -0.1) is 0 Å². The van der Waals surface area contributed by atoms with Crippen LogP contribution >= 0.6 is 0 Å². The lowest BCUT2D eigenvalue weighted by atomic mass is 10.1. The van der Waals surface area contributed by atoms with Crippen molar-refractivity contribution >= 4 is 5.97 Å². The Kier molecular flexibility index (Phi) is 5.57. The maximum atomic E-state index is 12.3. The fraction of sp³-hybridized carbons (Fsp3) is 0.333. The third kappa shape index (κ3) is 4.22. The van der Waals surface area contributed by atoms with Gasteiger partial charge in [0.2, 0.25) is 0 Å². The molecule has 2 aromatic rings. The van der Waals surface area contributed by atoms with Gasteiger partial charge in [0.05, 0.1) is 6.61 Å². The predicted octanol–water partition coefficient (Wildman–Crippen LogP) is 3.14. The van der Waals surface area contributed by atoms with Gasteiger partial charge in [-0.3, -0.25) is 4.79 Å². The zero-order chi connectivity index (χ0) is 16.8. The molecule has 5 nitrogen and oxygen atoms in total. The van der Waals surface area contributed by atoms with Crippen molar-refractivity contribution in [2.45, 2.75) is 32.7 Å². The average molecular weight is 315 g/mol. The van der Waals surface area contributed by atoms with Crippen LogP contribution in [0.2, 0.25) is 0 Å². The summed E-state index contributed by atoms with van der Waals surface area (Å²) in [7, 11) is 0. The normalized spacial score (nSPS) is 10.7. The molecule has 0 atom stereocenters. The third-order valence-electron chi connectivity index (χ3n) is 3.57. The molecule has 23 heavy (non-hydrogen) atoms. The smallest absolute Gasteiger partial charge is 0.341 e. The Morgan fingerprint density at radius 3 is 2.48 bits per heavy atom. The van der Waals surface area contributed by atoms with Crippen molar-refractivity contribution in [1.29, 1.82) is 0 Å². The molecule has 0 aliphatic carbocycles. The van der Waals surface area contributed by atoms with Gasteiger partial charge in [-0.1, -0.05) is 32.0 Å². The van der Waals surface area contributed by atoms with Crippen LogP contribution < -0.4 is 10.3 Å². The van der Waals surface area contributed by atoms with E-state index in [-0.39, 0.29) is 11.5 Å². The van der Waals surface area contributed by atoms with E-state index in [1.165, 1.54) is 6.07 Å². The number of hydrogen-bond donors (Lipinski definition) is 1. The molecule has 0 radical (unpaired) electrons. The number of aromatic carboxylic acids is 1. The van der Waals surface area contributed by atoms with Gasteiger partial charge in [0.1, 0.15) is 11.3 Å². The first-order valence-corrected chi connectivity index (χ1v) is 7.65. The maximum Gasteiger partial charge on any atom is 0.341 e. The Morgan fingerprint density at radius 1 is 1.17 bits per heavy atom. The lowest BCUT2D eigenvalue weighted by Crippen LogP contribution is -2.29. The zero-order valence-electron chi connectivity index (χ0n) is 13.4. The van der Waals surface area contributed by atoms with Gasteiger partial charge in [0.25, 0.3) is 5.56 Å². The summed E-state index contributed by atoms with van der Waals surface area (Å²) in [4.78, 5) is 23.5. The highest BCUT2D eigenvalue weighted by Gasteiger charge is 2.15. The first-order chi connectivity index (χ1) is 11.0. The molecule has 1 N–H and O–H groups in total. The van der Waals surface area contributed by atoms with Crippen molar-refractivity contribution in [3.8, 4) is 5.75 Å². The maximum absolute atomic E-state index is 12.3. The molecule has 0 spiro atoms. The van der Waals surface area contributed by atoms with E-state index in [2.05, 4.69) is 0 Å². The minimum atomic E-state index is -1.19. The summed E-state index contributed by atoms with van der Waals surface area (Å²) in [5, 5.41) is 9.10. The second-order valence-corrected chi connectivity index (χ2v) is 5.60. The Balaban J connectivity index is 2.10. The van der Waals surface area contributed by atoms with Gasteiger partial charge in [-0.25, -0.2) is 4.79 Å². The van der Waals surface area contributed by atoms with Crippen molar-refractivity contribution in [3.05, 3.63) is 64.1 Å². The summed E-state index contributed by atoms with van der Waals surface area (Å²) in [6.07, 6.45) is 0.623. The number of pyridine rings is 1. The molecule has 0 fully saturated rings. The number of rotatable bonds is 7. The molecule has 1 heterocycles. The first kappa shape index (κ1) is 16.8. The zero-order valence-corrected chi connectivity index (χ0v) is 13.4. The molecular weight excluding hydrogens is 294 g/mol. The van der Waals surface area contributed by atoms with Gasteiger partial charge in [-0.2, -0.15) is 0 Å². The number of carbonyl (C=O) groups is 1. The largest absolute Gasteiger partial charge is 0.494 e. The van der Waals surface area contributed by atoms with Crippen LogP contribution in [0.5, 0.6) is 5.75 Å². The Morgan fingerprint density at radius 2 is 1.87 bits per heavy atom. The number of para-hydroxylation sites is 1. The standard InChI is InChI=1S/C18H21NO4/c1-13(2)16-10-9-15(18(21)22)17(20)19(16)11-6-12-23-14-7-4-3-5-8-14/h3-5,7-10,13H,6,11-12H2,1-2H3,(H,21,22). The molecule has 5 heteroatoms. The summed E-state index contributed by atoms with van der Waals surface area (Å²) in [6, 6.07) is 12.6. The molecule has 0 amide bonds. The van der Waals surface area contributed by atoms with Crippen LogP contribution in [-0.4, -0.2) is 22.2 Å². The highest BCUT2D eigenvalue weighted by molar-refractivity contribution is 5.87. The number of aromatic nitrogens is 1. The van der Waals surface area contributed by atoms with Crippen LogP contribution in [0.1, 0.15) is 42.2 Å². The molecular formula is C18H21NO4. The highest BCUT2D eigenvalue weighted by atomic mass is 16.5. The Hall–Kier alpha value is -2.56. The molecule has 0 unspecified atom stereocenters. The number of hydrogen-bond acceptors (Lipinski definition) is 3. The van der Waals surface area contributed by atoms with Gasteiger partial charge in [-0.05, 0) is 36.6 Å². The van der Waals surface area contributed by atoms with Gasteiger partial charge >= 0.3 is 5.97 Å². The second-order valence-electron chi connectivity index (χ2n) is 5.60. The molecule has 122 valence electrons. The lowest BCUT2D eigenvalue weighted by Gasteiger charge is -2.16.